The van der Waals surface area contributed by atoms with Gasteiger partial charge in [-0.3, -0.25) is 9.36 Å². The SMILES string of the molecule is COc1cccc(-c2nnc(CS(=O)(=O)[C@H](C)C(=O)N3CCCC3)n2-c2c(OC)cccc2OC)n1. The van der Waals surface area contributed by atoms with E-state index in [0.717, 1.165) is 12.8 Å². The van der Waals surface area contributed by atoms with Gasteiger partial charge in [0, 0.05) is 19.2 Å². The van der Waals surface area contributed by atoms with E-state index in [1.165, 1.54) is 28.3 Å². The van der Waals surface area contributed by atoms with Crippen molar-refractivity contribution in [3.8, 4) is 34.6 Å². The number of ether oxygens (including phenoxy) is 3. The van der Waals surface area contributed by atoms with Gasteiger partial charge in [0.05, 0.1) is 21.3 Å². The second kappa shape index (κ2) is 10.5. The number of carbonyl (C=O) groups excluding carboxylic acids is 1. The average molecular weight is 516 g/mol. The normalized spacial score (nSPS) is 14.5. The lowest BCUT2D eigenvalue weighted by Gasteiger charge is -2.21. The Morgan fingerprint density at radius 2 is 1.61 bits per heavy atom. The fourth-order valence-corrected chi connectivity index (χ4v) is 5.42. The average Bonchev–Trinajstić information content (AvgIpc) is 3.57. The van der Waals surface area contributed by atoms with Gasteiger partial charge in [0.2, 0.25) is 11.8 Å². The number of sulfone groups is 1. The first-order valence-electron chi connectivity index (χ1n) is 11.5. The van der Waals surface area contributed by atoms with Crippen molar-refractivity contribution in [3.63, 3.8) is 0 Å². The molecule has 1 saturated heterocycles. The fraction of sp³-hybridized carbons (Fsp3) is 0.417. The van der Waals surface area contributed by atoms with E-state index in [4.69, 9.17) is 14.2 Å². The van der Waals surface area contributed by atoms with Crippen molar-refractivity contribution in [3.05, 3.63) is 42.2 Å². The molecule has 0 unspecified atom stereocenters. The van der Waals surface area contributed by atoms with Crippen LogP contribution in [0.5, 0.6) is 17.4 Å². The van der Waals surface area contributed by atoms with Gasteiger partial charge in [-0.1, -0.05) is 12.1 Å². The van der Waals surface area contributed by atoms with Crippen LogP contribution in [-0.2, 0) is 20.4 Å². The maximum atomic E-state index is 13.4. The van der Waals surface area contributed by atoms with Crippen molar-refractivity contribution in [1.82, 2.24) is 24.6 Å². The molecule has 0 N–H and O–H groups in total. The van der Waals surface area contributed by atoms with E-state index in [1.54, 1.807) is 45.9 Å². The molecule has 12 heteroatoms. The monoisotopic (exact) mass is 515 g/mol. The molecule has 0 radical (unpaired) electrons. The van der Waals surface area contributed by atoms with Gasteiger partial charge in [-0.15, -0.1) is 10.2 Å². The molecule has 11 nitrogen and oxygen atoms in total. The molecule has 1 aliphatic rings. The molecule has 36 heavy (non-hydrogen) atoms. The molecule has 0 bridgehead atoms. The summed E-state index contributed by atoms with van der Waals surface area (Å²) < 4.78 is 44.8. The van der Waals surface area contributed by atoms with Crippen molar-refractivity contribution < 1.29 is 27.4 Å². The number of hydrogen-bond acceptors (Lipinski definition) is 9. The zero-order valence-electron chi connectivity index (χ0n) is 20.7. The lowest BCUT2D eigenvalue weighted by molar-refractivity contribution is -0.129. The number of nitrogens with zero attached hydrogens (tertiary/aromatic N) is 5. The van der Waals surface area contributed by atoms with Crippen LogP contribution in [0.2, 0.25) is 0 Å². The highest BCUT2D eigenvalue weighted by atomic mass is 32.2. The van der Waals surface area contributed by atoms with Crippen molar-refractivity contribution in [2.24, 2.45) is 0 Å². The summed E-state index contributed by atoms with van der Waals surface area (Å²) >= 11 is 0. The number of hydrogen-bond donors (Lipinski definition) is 0. The van der Waals surface area contributed by atoms with Crippen LogP contribution >= 0.6 is 0 Å². The summed E-state index contributed by atoms with van der Waals surface area (Å²) in [5, 5.41) is 7.27. The van der Waals surface area contributed by atoms with E-state index in [1.807, 2.05) is 0 Å². The number of amides is 1. The van der Waals surface area contributed by atoms with Crippen LogP contribution in [0.1, 0.15) is 25.6 Å². The van der Waals surface area contributed by atoms with Crippen LogP contribution in [0, 0.1) is 0 Å². The largest absolute Gasteiger partial charge is 0.494 e. The van der Waals surface area contributed by atoms with E-state index < -0.39 is 26.7 Å². The summed E-state index contributed by atoms with van der Waals surface area (Å²) in [6, 6.07) is 10.3. The predicted molar refractivity (Wildman–Crippen MR) is 132 cm³/mol. The van der Waals surface area contributed by atoms with Crippen LogP contribution in [0.3, 0.4) is 0 Å². The summed E-state index contributed by atoms with van der Waals surface area (Å²) in [6.07, 6.45) is 1.74. The molecular formula is C24H29N5O6S. The van der Waals surface area contributed by atoms with Gasteiger partial charge in [-0.05, 0) is 38.0 Å². The minimum Gasteiger partial charge on any atom is -0.494 e. The standard InChI is InChI=1S/C24H29N5O6S/c1-16(24(30)28-13-5-6-14-28)36(31,32)15-20-26-27-23(17-9-7-12-21(25-17)35-4)29(20)22-18(33-2)10-8-11-19(22)34-3/h7-12,16H,5-6,13-15H2,1-4H3/t16-/m1/s1. The third-order valence-corrected chi connectivity index (χ3v) is 8.09. The topological polar surface area (TPSA) is 126 Å². The van der Waals surface area contributed by atoms with Gasteiger partial charge in [-0.25, -0.2) is 13.4 Å². The maximum Gasteiger partial charge on any atom is 0.240 e. The van der Waals surface area contributed by atoms with E-state index in [-0.39, 0.29) is 11.6 Å². The lowest BCUT2D eigenvalue weighted by Crippen LogP contribution is -2.40. The molecule has 0 spiro atoms. The number of rotatable bonds is 9. The first-order chi connectivity index (χ1) is 17.3. The highest BCUT2D eigenvalue weighted by Gasteiger charge is 2.35. The van der Waals surface area contributed by atoms with E-state index >= 15 is 0 Å². The molecule has 3 heterocycles. The minimum atomic E-state index is -3.94. The third-order valence-electron chi connectivity index (χ3n) is 6.15. The molecule has 1 atom stereocenters. The number of para-hydroxylation sites is 1. The molecule has 2 aromatic heterocycles. The van der Waals surface area contributed by atoms with Crippen LogP contribution in [0.15, 0.2) is 36.4 Å². The summed E-state index contributed by atoms with van der Waals surface area (Å²) in [7, 11) is 0.553. The van der Waals surface area contributed by atoms with Crippen LogP contribution in [0.4, 0.5) is 0 Å². The van der Waals surface area contributed by atoms with E-state index in [9.17, 15) is 13.2 Å². The Morgan fingerprint density at radius 1 is 0.972 bits per heavy atom. The first kappa shape index (κ1) is 25.4. The van der Waals surface area contributed by atoms with Crippen molar-refractivity contribution in [2.45, 2.75) is 30.8 Å². The van der Waals surface area contributed by atoms with Crippen molar-refractivity contribution in [1.29, 1.82) is 0 Å². The number of pyridine rings is 1. The highest BCUT2D eigenvalue weighted by molar-refractivity contribution is 7.92. The minimum absolute atomic E-state index is 0.0958. The quantitative estimate of drug-likeness (QED) is 0.422. The second-order valence-corrected chi connectivity index (χ2v) is 10.7. The molecule has 1 amide bonds. The van der Waals surface area contributed by atoms with Crippen LogP contribution in [-0.4, -0.2) is 78.6 Å². The van der Waals surface area contributed by atoms with Crippen molar-refractivity contribution >= 4 is 15.7 Å². The number of carbonyl (C=O) groups is 1. The molecule has 192 valence electrons. The number of aromatic nitrogens is 4. The van der Waals surface area contributed by atoms with Gasteiger partial charge in [0.25, 0.3) is 0 Å². The smallest absolute Gasteiger partial charge is 0.240 e. The molecule has 4 rings (SSSR count). The number of benzene rings is 1. The molecule has 0 saturated carbocycles. The third kappa shape index (κ3) is 4.85. The number of methoxy groups -OCH3 is 3. The maximum absolute atomic E-state index is 13.4. The summed E-state index contributed by atoms with van der Waals surface area (Å²) in [5.74, 6) is 0.623. The van der Waals surface area contributed by atoms with Crippen LogP contribution in [0.25, 0.3) is 17.2 Å². The fourth-order valence-electron chi connectivity index (χ4n) is 4.17. The number of likely N-dealkylation sites (tertiary alicyclic amines) is 1. The Morgan fingerprint density at radius 3 is 2.22 bits per heavy atom. The van der Waals surface area contributed by atoms with Crippen molar-refractivity contribution in [2.75, 3.05) is 34.4 Å². The zero-order valence-corrected chi connectivity index (χ0v) is 21.5. The van der Waals surface area contributed by atoms with Gasteiger partial charge >= 0.3 is 0 Å². The summed E-state index contributed by atoms with van der Waals surface area (Å²) in [6.45, 7) is 2.56. The van der Waals surface area contributed by atoms with Gasteiger partial charge in [0.15, 0.2) is 21.5 Å². The Balaban J connectivity index is 1.85. The first-order valence-corrected chi connectivity index (χ1v) is 13.2. The molecule has 1 aromatic carbocycles. The van der Waals surface area contributed by atoms with Crippen LogP contribution < -0.4 is 14.2 Å². The zero-order chi connectivity index (χ0) is 25.9. The summed E-state index contributed by atoms with van der Waals surface area (Å²) in [5.41, 5.74) is 0.815. The highest BCUT2D eigenvalue weighted by Crippen LogP contribution is 2.36. The molecule has 0 aliphatic carbocycles. The Kier molecular flexibility index (Phi) is 7.43. The molecule has 1 fully saturated rings. The predicted octanol–water partition coefficient (Wildman–Crippen LogP) is 2.28. The molecule has 1 aliphatic heterocycles. The Bertz CT molecular complexity index is 1330. The second-order valence-electron chi connectivity index (χ2n) is 8.33. The van der Waals surface area contributed by atoms with Gasteiger partial charge in [-0.2, -0.15) is 0 Å². The molecular weight excluding hydrogens is 486 g/mol. The Hall–Kier alpha value is -3.67. The van der Waals surface area contributed by atoms with Gasteiger partial charge in [0.1, 0.15) is 33.9 Å². The van der Waals surface area contributed by atoms with E-state index in [2.05, 4.69) is 15.2 Å². The van der Waals surface area contributed by atoms with Gasteiger partial charge < -0.3 is 19.1 Å². The molecule has 3 aromatic rings. The lowest BCUT2D eigenvalue weighted by atomic mass is 10.2. The Labute approximate surface area is 209 Å². The van der Waals surface area contributed by atoms with E-state index in [0.29, 0.717) is 41.8 Å². The summed E-state index contributed by atoms with van der Waals surface area (Å²) in [4.78, 5) is 18.9.